The fourth-order valence-corrected chi connectivity index (χ4v) is 3.38. The zero-order chi connectivity index (χ0) is 10.6. The second kappa shape index (κ2) is 5.84. The summed E-state index contributed by atoms with van der Waals surface area (Å²) >= 11 is 9.87. The van der Waals surface area contributed by atoms with Crippen LogP contribution in [0.2, 0.25) is 5.02 Å². The molecule has 1 nitrogen and oxygen atoms in total. The lowest BCUT2D eigenvalue weighted by Gasteiger charge is -2.07. The predicted octanol–water partition coefficient (Wildman–Crippen LogP) is 4.12. The number of aryl methyl sites for hydroxylation is 1. The van der Waals surface area contributed by atoms with Crippen LogP contribution in [0.3, 0.4) is 0 Å². The molecule has 0 saturated carbocycles. The summed E-state index contributed by atoms with van der Waals surface area (Å²) in [5.74, 6) is 0.446. The number of hydrogen-bond acceptors (Lipinski definition) is 2. The van der Waals surface area contributed by atoms with Crippen molar-refractivity contribution >= 4 is 46.0 Å². The van der Waals surface area contributed by atoms with Crippen molar-refractivity contribution in [2.24, 2.45) is 0 Å². The Morgan fingerprint density at radius 3 is 2.79 bits per heavy atom. The highest BCUT2D eigenvalue weighted by Gasteiger charge is 2.07. The van der Waals surface area contributed by atoms with E-state index in [0.717, 1.165) is 19.9 Å². The SMILES string of the molecule is CCc1cc(Cl)c(SCC#N)c(I)c1. The molecule has 0 unspecified atom stereocenters. The zero-order valence-electron chi connectivity index (χ0n) is 7.68. The molecule has 1 aromatic rings. The summed E-state index contributed by atoms with van der Waals surface area (Å²) in [6.45, 7) is 2.10. The maximum absolute atomic E-state index is 8.49. The second-order valence-corrected chi connectivity index (χ2v) is 5.24. The van der Waals surface area contributed by atoms with Crippen LogP contribution in [0.25, 0.3) is 0 Å². The molecule has 0 aliphatic heterocycles. The lowest BCUT2D eigenvalue weighted by molar-refractivity contribution is 1.12. The molecule has 0 heterocycles. The number of hydrogen-bond donors (Lipinski definition) is 0. The van der Waals surface area contributed by atoms with Gasteiger partial charge in [0.15, 0.2) is 0 Å². The smallest absolute Gasteiger partial charge is 0.0856 e. The third-order valence-electron chi connectivity index (χ3n) is 1.75. The van der Waals surface area contributed by atoms with Crippen LogP contribution in [-0.4, -0.2) is 5.75 Å². The standard InChI is InChI=1S/C10H9ClINS/c1-2-7-5-8(11)10(9(12)6-7)14-4-3-13/h5-6H,2,4H2,1H3. The Balaban J connectivity index is 3.00. The molecule has 0 spiro atoms. The van der Waals surface area contributed by atoms with Gasteiger partial charge in [-0.15, -0.1) is 11.8 Å². The van der Waals surface area contributed by atoms with E-state index >= 15 is 0 Å². The van der Waals surface area contributed by atoms with E-state index < -0.39 is 0 Å². The Morgan fingerprint density at radius 1 is 1.57 bits per heavy atom. The van der Waals surface area contributed by atoms with Crippen molar-refractivity contribution < 1.29 is 0 Å². The minimum Gasteiger partial charge on any atom is -0.197 e. The Labute approximate surface area is 107 Å². The third kappa shape index (κ3) is 3.04. The number of benzene rings is 1. The second-order valence-electron chi connectivity index (χ2n) is 2.69. The maximum atomic E-state index is 8.49. The molecule has 0 aliphatic rings. The molecule has 74 valence electrons. The van der Waals surface area contributed by atoms with Crippen molar-refractivity contribution in [1.29, 1.82) is 5.26 Å². The van der Waals surface area contributed by atoms with Gasteiger partial charge < -0.3 is 0 Å². The molecule has 1 aromatic carbocycles. The van der Waals surface area contributed by atoms with Gasteiger partial charge in [-0.05, 0) is 46.7 Å². The van der Waals surface area contributed by atoms with Crippen molar-refractivity contribution in [3.8, 4) is 6.07 Å². The molecule has 0 atom stereocenters. The van der Waals surface area contributed by atoms with E-state index in [1.165, 1.54) is 17.3 Å². The summed E-state index contributed by atoms with van der Waals surface area (Å²) in [6.07, 6.45) is 0.985. The highest BCUT2D eigenvalue weighted by molar-refractivity contribution is 14.1. The van der Waals surface area contributed by atoms with Crippen LogP contribution in [0.5, 0.6) is 0 Å². The molecular weight excluding hydrogens is 329 g/mol. The normalized spacial score (nSPS) is 9.86. The Bertz CT molecular complexity index is 350. The maximum Gasteiger partial charge on any atom is 0.0856 e. The van der Waals surface area contributed by atoms with Crippen LogP contribution >= 0.6 is 46.0 Å². The molecule has 0 bridgehead atoms. The quantitative estimate of drug-likeness (QED) is 0.612. The minimum absolute atomic E-state index is 0.446. The molecule has 4 heteroatoms. The number of thioether (sulfide) groups is 1. The van der Waals surface area contributed by atoms with Crippen LogP contribution < -0.4 is 0 Å². The summed E-state index contributed by atoms with van der Waals surface area (Å²) in [7, 11) is 0. The Morgan fingerprint density at radius 2 is 2.29 bits per heavy atom. The third-order valence-corrected chi connectivity index (χ3v) is 4.38. The van der Waals surface area contributed by atoms with Crippen LogP contribution in [0.1, 0.15) is 12.5 Å². The average Bonchev–Trinajstić information content (AvgIpc) is 2.16. The van der Waals surface area contributed by atoms with Crippen molar-refractivity contribution in [3.05, 3.63) is 26.3 Å². The molecule has 0 aromatic heterocycles. The minimum atomic E-state index is 0.446. The fourth-order valence-electron chi connectivity index (χ4n) is 1.06. The molecule has 0 fully saturated rings. The van der Waals surface area contributed by atoms with Crippen LogP contribution in [-0.2, 0) is 6.42 Å². The van der Waals surface area contributed by atoms with Gasteiger partial charge in [0.25, 0.3) is 0 Å². The first-order valence-corrected chi connectivity index (χ1v) is 6.61. The number of rotatable bonds is 3. The fraction of sp³-hybridized carbons (Fsp3) is 0.300. The Kier molecular flexibility index (Phi) is 5.07. The van der Waals surface area contributed by atoms with Gasteiger partial charge in [-0.3, -0.25) is 0 Å². The lowest BCUT2D eigenvalue weighted by Crippen LogP contribution is -1.87. The first-order valence-electron chi connectivity index (χ1n) is 4.16. The summed E-state index contributed by atoms with van der Waals surface area (Å²) < 4.78 is 1.13. The zero-order valence-corrected chi connectivity index (χ0v) is 11.4. The van der Waals surface area contributed by atoms with Gasteiger partial charge in [0.05, 0.1) is 16.8 Å². The molecule has 0 aliphatic carbocycles. The van der Waals surface area contributed by atoms with Gasteiger partial charge >= 0.3 is 0 Å². The van der Waals surface area contributed by atoms with Crippen LogP contribution in [0, 0.1) is 14.9 Å². The van der Waals surface area contributed by atoms with E-state index in [2.05, 4.69) is 41.7 Å². The monoisotopic (exact) mass is 337 g/mol. The summed E-state index contributed by atoms with van der Waals surface area (Å²) in [5.41, 5.74) is 1.24. The van der Waals surface area contributed by atoms with Crippen LogP contribution in [0.15, 0.2) is 17.0 Å². The van der Waals surface area contributed by atoms with E-state index in [-0.39, 0.29) is 0 Å². The molecule has 0 amide bonds. The van der Waals surface area contributed by atoms with Gasteiger partial charge in [-0.2, -0.15) is 5.26 Å². The first-order chi connectivity index (χ1) is 6.69. The van der Waals surface area contributed by atoms with Crippen molar-refractivity contribution in [2.75, 3.05) is 5.75 Å². The topological polar surface area (TPSA) is 23.8 Å². The highest BCUT2D eigenvalue weighted by atomic mass is 127. The number of nitrogens with zero attached hydrogens (tertiary/aromatic N) is 1. The summed E-state index contributed by atoms with van der Waals surface area (Å²) in [4.78, 5) is 1.02. The van der Waals surface area contributed by atoms with Gasteiger partial charge in [-0.25, -0.2) is 0 Å². The Hall–Kier alpha value is 0.0800. The van der Waals surface area contributed by atoms with Crippen molar-refractivity contribution in [2.45, 2.75) is 18.2 Å². The predicted molar refractivity (Wildman–Crippen MR) is 69.9 cm³/mol. The van der Waals surface area contributed by atoms with E-state index in [4.69, 9.17) is 16.9 Å². The van der Waals surface area contributed by atoms with Gasteiger partial charge in [-0.1, -0.05) is 18.5 Å². The van der Waals surface area contributed by atoms with E-state index in [0.29, 0.717) is 5.75 Å². The van der Waals surface area contributed by atoms with Gasteiger partial charge in [0.1, 0.15) is 0 Å². The largest absolute Gasteiger partial charge is 0.197 e. The van der Waals surface area contributed by atoms with Crippen molar-refractivity contribution in [1.82, 2.24) is 0 Å². The molecular formula is C10H9ClINS. The van der Waals surface area contributed by atoms with E-state index in [1.807, 2.05) is 6.07 Å². The molecule has 1 rings (SSSR count). The van der Waals surface area contributed by atoms with Crippen molar-refractivity contribution in [3.63, 3.8) is 0 Å². The van der Waals surface area contributed by atoms with E-state index in [9.17, 15) is 0 Å². The summed E-state index contributed by atoms with van der Waals surface area (Å²) in [5, 5.41) is 9.25. The van der Waals surface area contributed by atoms with Gasteiger partial charge in [0.2, 0.25) is 0 Å². The number of nitriles is 1. The van der Waals surface area contributed by atoms with Gasteiger partial charge in [0, 0.05) is 8.47 Å². The molecule has 0 saturated heterocycles. The molecule has 0 radical (unpaired) electrons. The molecule has 0 N–H and O–H groups in total. The highest BCUT2D eigenvalue weighted by Crippen LogP contribution is 2.32. The average molecular weight is 338 g/mol. The number of halogens is 2. The first kappa shape index (κ1) is 12.2. The van der Waals surface area contributed by atoms with E-state index in [1.54, 1.807) is 0 Å². The van der Waals surface area contributed by atoms with Crippen LogP contribution in [0.4, 0.5) is 0 Å². The summed E-state index contributed by atoms with van der Waals surface area (Å²) in [6, 6.07) is 6.19. The lowest BCUT2D eigenvalue weighted by atomic mass is 10.2. The molecule has 14 heavy (non-hydrogen) atoms.